The number of ketones is 1. The lowest BCUT2D eigenvalue weighted by molar-refractivity contribution is -0.384. The molecule has 4 heteroatoms. The summed E-state index contributed by atoms with van der Waals surface area (Å²) in [4.78, 5) is 22.4. The molecule has 0 spiro atoms. The lowest BCUT2D eigenvalue weighted by Crippen LogP contribution is -2.04. The summed E-state index contributed by atoms with van der Waals surface area (Å²) in [5, 5.41) is 10.6. The Morgan fingerprint density at radius 2 is 1.55 bits per heavy atom. The monoisotopic (exact) mass is 297 g/mol. The fourth-order valence-corrected chi connectivity index (χ4v) is 2.32. The molecule has 0 bridgehead atoms. The molecule has 0 unspecified atom stereocenters. The van der Waals surface area contributed by atoms with Gasteiger partial charge in [-0.05, 0) is 23.5 Å². The molecule has 0 atom stereocenters. The summed E-state index contributed by atoms with van der Waals surface area (Å²) in [7, 11) is 0. The van der Waals surface area contributed by atoms with Crippen molar-refractivity contribution < 1.29 is 9.72 Å². The molecule has 114 valence electrons. The van der Waals surface area contributed by atoms with Gasteiger partial charge in [0.2, 0.25) is 0 Å². The Bertz CT molecular complexity index is 658. The number of nitro benzene ring substituents is 1. The lowest BCUT2D eigenvalue weighted by atomic mass is 9.98. The van der Waals surface area contributed by atoms with E-state index >= 15 is 0 Å². The van der Waals surface area contributed by atoms with Gasteiger partial charge in [-0.15, -0.1) is 0 Å². The van der Waals surface area contributed by atoms with Crippen LogP contribution in [0.4, 0.5) is 5.69 Å². The highest BCUT2D eigenvalue weighted by Crippen LogP contribution is 2.15. The maximum atomic E-state index is 12.2. The lowest BCUT2D eigenvalue weighted by Gasteiger charge is -2.06. The van der Waals surface area contributed by atoms with Gasteiger partial charge in [0.25, 0.3) is 5.69 Å². The molecule has 0 fully saturated rings. The minimum atomic E-state index is -0.445. The van der Waals surface area contributed by atoms with Gasteiger partial charge in [0.1, 0.15) is 0 Å². The largest absolute Gasteiger partial charge is 0.294 e. The zero-order chi connectivity index (χ0) is 16.1. The van der Waals surface area contributed by atoms with Crippen LogP contribution < -0.4 is 0 Å². The Kier molecular flexibility index (Phi) is 5.04. The molecule has 4 nitrogen and oxygen atoms in total. The Balaban J connectivity index is 2.03. The molecule has 0 saturated carbocycles. The number of hydrogen-bond donors (Lipinski definition) is 0. The fraction of sp³-hybridized carbons (Fsp3) is 0.278. The molecule has 2 aromatic rings. The van der Waals surface area contributed by atoms with E-state index < -0.39 is 4.92 Å². The summed E-state index contributed by atoms with van der Waals surface area (Å²) in [6.45, 7) is 4.32. The Labute approximate surface area is 129 Å². The molecule has 22 heavy (non-hydrogen) atoms. The van der Waals surface area contributed by atoms with E-state index in [2.05, 4.69) is 13.8 Å². The third kappa shape index (κ3) is 4.25. The summed E-state index contributed by atoms with van der Waals surface area (Å²) >= 11 is 0. The van der Waals surface area contributed by atoms with Crippen LogP contribution in [0, 0.1) is 16.0 Å². The van der Waals surface area contributed by atoms with Crippen LogP contribution in [0.1, 0.15) is 35.3 Å². The molecule has 0 aliphatic heterocycles. The maximum Gasteiger partial charge on any atom is 0.269 e. The standard InChI is InChI=1S/C18H19NO3/c1-13(2)11-14-3-7-16(8-4-14)18(20)12-15-5-9-17(10-6-15)19(21)22/h3-10,13H,11-12H2,1-2H3. The van der Waals surface area contributed by atoms with Crippen molar-refractivity contribution >= 4 is 11.5 Å². The highest BCUT2D eigenvalue weighted by atomic mass is 16.6. The molecular formula is C18H19NO3. The molecule has 2 aromatic carbocycles. The van der Waals surface area contributed by atoms with Gasteiger partial charge in [-0.1, -0.05) is 50.2 Å². The number of nitrogens with zero attached hydrogens (tertiary/aromatic N) is 1. The van der Waals surface area contributed by atoms with Crippen LogP contribution in [0.2, 0.25) is 0 Å². The van der Waals surface area contributed by atoms with Gasteiger partial charge in [0.15, 0.2) is 5.78 Å². The van der Waals surface area contributed by atoms with Crippen LogP contribution >= 0.6 is 0 Å². The molecule has 0 radical (unpaired) electrons. The van der Waals surface area contributed by atoms with Crippen molar-refractivity contribution in [3.8, 4) is 0 Å². The molecule has 2 rings (SSSR count). The molecule has 0 heterocycles. The smallest absolute Gasteiger partial charge is 0.269 e. The first-order valence-corrected chi connectivity index (χ1v) is 7.31. The first-order chi connectivity index (χ1) is 10.5. The maximum absolute atomic E-state index is 12.2. The van der Waals surface area contributed by atoms with E-state index in [0.717, 1.165) is 12.0 Å². The van der Waals surface area contributed by atoms with Gasteiger partial charge in [-0.25, -0.2) is 0 Å². The summed E-state index contributed by atoms with van der Waals surface area (Å²) in [6.07, 6.45) is 1.25. The van der Waals surface area contributed by atoms with E-state index in [1.54, 1.807) is 12.1 Å². The van der Waals surface area contributed by atoms with E-state index in [0.29, 0.717) is 11.5 Å². The molecule has 0 aliphatic carbocycles. The Morgan fingerprint density at radius 1 is 1.00 bits per heavy atom. The van der Waals surface area contributed by atoms with Crippen LogP contribution in [-0.4, -0.2) is 10.7 Å². The highest BCUT2D eigenvalue weighted by molar-refractivity contribution is 5.97. The molecular weight excluding hydrogens is 278 g/mol. The number of benzene rings is 2. The quantitative estimate of drug-likeness (QED) is 0.455. The number of hydrogen-bond acceptors (Lipinski definition) is 3. The molecule has 0 amide bonds. The van der Waals surface area contributed by atoms with Gasteiger partial charge >= 0.3 is 0 Å². The number of Topliss-reactive ketones (excluding diaryl/α,β-unsaturated/α-hetero) is 1. The van der Waals surface area contributed by atoms with Crippen molar-refractivity contribution in [3.63, 3.8) is 0 Å². The number of rotatable bonds is 6. The van der Waals surface area contributed by atoms with E-state index in [4.69, 9.17) is 0 Å². The van der Waals surface area contributed by atoms with Crippen LogP contribution in [-0.2, 0) is 12.8 Å². The number of carbonyl (C=O) groups excluding carboxylic acids is 1. The minimum Gasteiger partial charge on any atom is -0.294 e. The van der Waals surface area contributed by atoms with Gasteiger partial charge in [0, 0.05) is 24.1 Å². The van der Waals surface area contributed by atoms with Crippen LogP contribution in [0.5, 0.6) is 0 Å². The zero-order valence-corrected chi connectivity index (χ0v) is 12.8. The van der Waals surface area contributed by atoms with Crippen molar-refractivity contribution in [3.05, 3.63) is 75.3 Å². The first kappa shape index (κ1) is 15.9. The van der Waals surface area contributed by atoms with Gasteiger partial charge in [0.05, 0.1) is 4.92 Å². The number of non-ortho nitro benzene ring substituents is 1. The summed E-state index contributed by atoms with van der Waals surface area (Å²) in [5.74, 6) is 0.603. The predicted molar refractivity (Wildman–Crippen MR) is 86.1 cm³/mol. The molecule has 0 N–H and O–H groups in total. The van der Waals surface area contributed by atoms with E-state index in [9.17, 15) is 14.9 Å². The van der Waals surface area contributed by atoms with E-state index in [1.807, 2.05) is 24.3 Å². The summed E-state index contributed by atoms with van der Waals surface area (Å²) < 4.78 is 0. The van der Waals surface area contributed by atoms with Gasteiger partial charge in [-0.2, -0.15) is 0 Å². The summed E-state index contributed by atoms with van der Waals surface area (Å²) in [5.41, 5.74) is 2.71. The predicted octanol–water partition coefficient (Wildman–Crippen LogP) is 4.22. The second kappa shape index (κ2) is 6.98. The van der Waals surface area contributed by atoms with Crippen molar-refractivity contribution in [2.45, 2.75) is 26.7 Å². The van der Waals surface area contributed by atoms with E-state index in [1.165, 1.54) is 17.7 Å². The van der Waals surface area contributed by atoms with Crippen molar-refractivity contribution in [2.24, 2.45) is 5.92 Å². The average molecular weight is 297 g/mol. The normalized spacial score (nSPS) is 10.7. The average Bonchev–Trinajstić information content (AvgIpc) is 2.48. The summed E-state index contributed by atoms with van der Waals surface area (Å²) in [6, 6.07) is 13.8. The molecule has 0 saturated heterocycles. The first-order valence-electron chi connectivity index (χ1n) is 7.31. The van der Waals surface area contributed by atoms with Crippen LogP contribution in [0.25, 0.3) is 0 Å². The van der Waals surface area contributed by atoms with Crippen molar-refractivity contribution in [2.75, 3.05) is 0 Å². The van der Waals surface area contributed by atoms with Crippen molar-refractivity contribution in [1.82, 2.24) is 0 Å². The third-order valence-corrected chi connectivity index (χ3v) is 3.43. The van der Waals surface area contributed by atoms with E-state index in [-0.39, 0.29) is 17.9 Å². The SMILES string of the molecule is CC(C)Cc1ccc(C(=O)Cc2ccc([N+](=O)[O-])cc2)cc1. The highest BCUT2D eigenvalue weighted by Gasteiger charge is 2.09. The van der Waals surface area contributed by atoms with Crippen LogP contribution in [0.3, 0.4) is 0 Å². The second-order valence-corrected chi connectivity index (χ2v) is 5.82. The molecule has 0 aromatic heterocycles. The number of carbonyl (C=O) groups is 1. The molecule has 0 aliphatic rings. The number of nitro groups is 1. The van der Waals surface area contributed by atoms with Crippen molar-refractivity contribution in [1.29, 1.82) is 0 Å². The van der Waals surface area contributed by atoms with Gasteiger partial charge < -0.3 is 0 Å². The topological polar surface area (TPSA) is 60.2 Å². The Hall–Kier alpha value is -2.49. The fourth-order valence-electron chi connectivity index (χ4n) is 2.32. The zero-order valence-electron chi connectivity index (χ0n) is 12.8. The van der Waals surface area contributed by atoms with Gasteiger partial charge in [-0.3, -0.25) is 14.9 Å². The Morgan fingerprint density at radius 3 is 2.05 bits per heavy atom. The minimum absolute atomic E-state index is 0.0185. The third-order valence-electron chi connectivity index (χ3n) is 3.43. The second-order valence-electron chi connectivity index (χ2n) is 5.82. The van der Waals surface area contributed by atoms with Crippen LogP contribution in [0.15, 0.2) is 48.5 Å².